The van der Waals surface area contributed by atoms with Gasteiger partial charge < -0.3 is 10.3 Å². The van der Waals surface area contributed by atoms with Crippen molar-refractivity contribution in [1.29, 1.82) is 0 Å². The van der Waals surface area contributed by atoms with E-state index >= 15 is 0 Å². The van der Waals surface area contributed by atoms with Gasteiger partial charge in [-0.05, 0) is 25.1 Å². The van der Waals surface area contributed by atoms with E-state index in [1.807, 2.05) is 0 Å². The van der Waals surface area contributed by atoms with E-state index in [4.69, 9.17) is 21.9 Å². The summed E-state index contributed by atoms with van der Waals surface area (Å²) < 4.78 is 17.6. The summed E-state index contributed by atoms with van der Waals surface area (Å²) in [5, 5.41) is 4.05. The van der Waals surface area contributed by atoms with Crippen molar-refractivity contribution in [3.8, 4) is 11.3 Å². The van der Waals surface area contributed by atoms with Crippen molar-refractivity contribution in [3.63, 3.8) is 0 Å². The Hall–Kier alpha value is -1.55. The van der Waals surface area contributed by atoms with Gasteiger partial charge in [-0.15, -0.1) is 0 Å². The SMILES string of the molecule is Cc1c(-c2ccc(F)cc2Cl)noc1N. The standard InChI is InChI=1S/C10H8ClFN2O/c1-5-9(14-15-10(5)13)7-3-2-6(12)4-8(7)11/h2-4H,13H2,1H3. The largest absolute Gasteiger partial charge is 0.367 e. The number of anilines is 1. The van der Waals surface area contributed by atoms with Crippen molar-refractivity contribution in [2.75, 3.05) is 5.73 Å². The van der Waals surface area contributed by atoms with Crippen LogP contribution >= 0.6 is 11.6 Å². The molecule has 3 nitrogen and oxygen atoms in total. The Morgan fingerprint density at radius 2 is 2.20 bits per heavy atom. The highest BCUT2D eigenvalue weighted by atomic mass is 35.5. The highest BCUT2D eigenvalue weighted by Crippen LogP contribution is 2.31. The van der Waals surface area contributed by atoms with E-state index in [2.05, 4.69) is 5.16 Å². The summed E-state index contributed by atoms with van der Waals surface area (Å²) in [6.07, 6.45) is 0. The third-order valence-corrected chi connectivity index (χ3v) is 2.46. The summed E-state index contributed by atoms with van der Waals surface area (Å²) >= 11 is 5.88. The fourth-order valence-electron chi connectivity index (χ4n) is 1.28. The zero-order chi connectivity index (χ0) is 11.0. The molecular weight excluding hydrogens is 219 g/mol. The van der Waals surface area contributed by atoms with E-state index in [0.717, 1.165) is 0 Å². The number of halogens is 2. The van der Waals surface area contributed by atoms with Gasteiger partial charge in [-0.1, -0.05) is 16.8 Å². The first kappa shape index (κ1) is 9.98. The van der Waals surface area contributed by atoms with E-state index in [1.54, 1.807) is 13.0 Å². The van der Waals surface area contributed by atoms with Crippen LogP contribution in [0.15, 0.2) is 22.7 Å². The molecule has 0 aliphatic heterocycles. The van der Waals surface area contributed by atoms with Crippen LogP contribution in [0.5, 0.6) is 0 Å². The predicted octanol–water partition coefficient (Wildman–Crippen LogP) is 3.02. The molecule has 2 aromatic rings. The molecule has 2 rings (SSSR count). The molecule has 0 unspecified atom stereocenters. The average molecular weight is 227 g/mol. The second-order valence-electron chi connectivity index (χ2n) is 3.14. The predicted molar refractivity (Wildman–Crippen MR) is 56.1 cm³/mol. The van der Waals surface area contributed by atoms with Gasteiger partial charge in [0, 0.05) is 11.1 Å². The van der Waals surface area contributed by atoms with Gasteiger partial charge in [0.15, 0.2) is 0 Å². The van der Waals surface area contributed by atoms with Crippen LogP contribution in [0.4, 0.5) is 10.3 Å². The summed E-state index contributed by atoms with van der Waals surface area (Å²) in [6.45, 7) is 1.76. The lowest BCUT2D eigenvalue weighted by atomic mass is 10.1. The first-order chi connectivity index (χ1) is 7.09. The Morgan fingerprint density at radius 3 is 2.73 bits per heavy atom. The van der Waals surface area contributed by atoms with E-state index in [-0.39, 0.29) is 10.9 Å². The minimum absolute atomic E-state index is 0.241. The number of hydrogen-bond donors (Lipinski definition) is 1. The Bertz CT molecular complexity index is 510. The molecule has 0 amide bonds. The van der Waals surface area contributed by atoms with E-state index in [0.29, 0.717) is 16.8 Å². The molecule has 0 radical (unpaired) electrons. The Balaban J connectivity index is 2.59. The number of nitrogen functional groups attached to an aromatic ring is 1. The van der Waals surface area contributed by atoms with Crippen LogP contribution < -0.4 is 5.73 Å². The summed E-state index contributed by atoms with van der Waals surface area (Å²) in [5.74, 6) is -0.150. The van der Waals surface area contributed by atoms with Crippen LogP contribution in [0.2, 0.25) is 5.02 Å². The molecule has 0 saturated heterocycles. The number of hydrogen-bond acceptors (Lipinski definition) is 3. The van der Waals surface area contributed by atoms with E-state index in [9.17, 15) is 4.39 Å². The van der Waals surface area contributed by atoms with Crippen LogP contribution in [0, 0.1) is 12.7 Å². The Kier molecular flexibility index (Phi) is 2.36. The van der Waals surface area contributed by atoms with Crippen LogP contribution in [-0.2, 0) is 0 Å². The summed E-state index contributed by atoms with van der Waals surface area (Å²) in [7, 11) is 0. The van der Waals surface area contributed by atoms with Crippen LogP contribution in [0.3, 0.4) is 0 Å². The van der Waals surface area contributed by atoms with Gasteiger partial charge in [-0.2, -0.15) is 0 Å². The van der Waals surface area contributed by atoms with Crippen LogP contribution in [0.25, 0.3) is 11.3 Å². The summed E-state index contributed by atoms with van der Waals surface area (Å²) in [6, 6.07) is 4.08. The van der Waals surface area contributed by atoms with Gasteiger partial charge in [-0.3, -0.25) is 0 Å². The first-order valence-electron chi connectivity index (χ1n) is 4.26. The zero-order valence-corrected chi connectivity index (χ0v) is 8.68. The Labute approximate surface area is 90.6 Å². The summed E-state index contributed by atoms with van der Waals surface area (Å²) in [5.41, 5.74) is 7.36. The lowest BCUT2D eigenvalue weighted by Gasteiger charge is -2.00. The molecule has 0 fully saturated rings. The molecule has 0 atom stereocenters. The van der Waals surface area contributed by atoms with Crippen molar-refractivity contribution >= 4 is 17.5 Å². The quantitative estimate of drug-likeness (QED) is 0.813. The minimum Gasteiger partial charge on any atom is -0.367 e. The lowest BCUT2D eigenvalue weighted by Crippen LogP contribution is -1.86. The maximum absolute atomic E-state index is 12.8. The molecule has 78 valence electrons. The molecule has 1 heterocycles. The third-order valence-electron chi connectivity index (χ3n) is 2.15. The van der Waals surface area contributed by atoms with Crippen LogP contribution in [0.1, 0.15) is 5.56 Å². The molecule has 1 aromatic carbocycles. The molecule has 5 heteroatoms. The van der Waals surface area contributed by atoms with Gasteiger partial charge >= 0.3 is 0 Å². The number of aromatic nitrogens is 1. The maximum Gasteiger partial charge on any atom is 0.225 e. The van der Waals surface area contributed by atoms with Crippen molar-refractivity contribution in [3.05, 3.63) is 34.6 Å². The zero-order valence-electron chi connectivity index (χ0n) is 7.92. The maximum atomic E-state index is 12.8. The van der Waals surface area contributed by atoms with Crippen LogP contribution in [-0.4, -0.2) is 5.16 Å². The lowest BCUT2D eigenvalue weighted by molar-refractivity contribution is 0.439. The van der Waals surface area contributed by atoms with E-state index in [1.165, 1.54) is 12.1 Å². The number of nitrogens with two attached hydrogens (primary N) is 1. The van der Waals surface area contributed by atoms with E-state index < -0.39 is 5.82 Å². The molecule has 2 N–H and O–H groups in total. The molecule has 15 heavy (non-hydrogen) atoms. The molecule has 0 spiro atoms. The number of benzene rings is 1. The molecule has 0 bridgehead atoms. The molecule has 1 aromatic heterocycles. The highest BCUT2D eigenvalue weighted by Gasteiger charge is 2.14. The van der Waals surface area contributed by atoms with Crippen molar-refractivity contribution in [2.45, 2.75) is 6.92 Å². The van der Waals surface area contributed by atoms with Gasteiger partial charge in [0.2, 0.25) is 5.88 Å². The average Bonchev–Trinajstić information content (AvgIpc) is 2.49. The smallest absolute Gasteiger partial charge is 0.225 e. The Morgan fingerprint density at radius 1 is 1.47 bits per heavy atom. The normalized spacial score (nSPS) is 10.6. The fourth-order valence-corrected chi connectivity index (χ4v) is 1.54. The summed E-state index contributed by atoms with van der Waals surface area (Å²) in [4.78, 5) is 0. The topological polar surface area (TPSA) is 52.0 Å². The van der Waals surface area contributed by atoms with Gasteiger partial charge in [0.05, 0.1) is 5.02 Å². The first-order valence-corrected chi connectivity index (χ1v) is 4.64. The number of rotatable bonds is 1. The molecular formula is C10H8ClFN2O. The number of nitrogens with zero attached hydrogens (tertiary/aromatic N) is 1. The fraction of sp³-hybridized carbons (Fsp3) is 0.100. The van der Waals surface area contributed by atoms with Gasteiger partial charge in [0.25, 0.3) is 0 Å². The second kappa shape index (κ2) is 3.55. The van der Waals surface area contributed by atoms with Gasteiger partial charge in [-0.25, -0.2) is 4.39 Å². The second-order valence-corrected chi connectivity index (χ2v) is 3.55. The van der Waals surface area contributed by atoms with Crippen molar-refractivity contribution in [2.24, 2.45) is 0 Å². The highest BCUT2D eigenvalue weighted by molar-refractivity contribution is 6.33. The minimum atomic E-state index is -0.391. The monoisotopic (exact) mass is 226 g/mol. The van der Waals surface area contributed by atoms with Crippen molar-refractivity contribution < 1.29 is 8.91 Å². The van der Waals surface area contributed by atoms with Crippen molar-refractivity contribution in [1.82, 2.24) is 5.16 Å². The molecule has 0 saturated carbocycles. The molecule has 0 aliphatic rings. The van der Waals surface area contributed by atoms with Gasteiger partial charge in [0.1, 0.15) is 11.5 Å². The third kappa shape index (κ3) is 1.68. The molecule has 0 aliphatic carbocycles.